The van der Waals surface area contributed by atoms with Crippen molar-refractivity contribution in [1.82, 2.24) is 10.2 Å². The van der Waals surface area contributed by atoms with Crippen LogP contribution in [0.4, 0.5) is 0 Å². The highest BCUT2D eigenvalue weighted by Gasteiger charge is 2.24. The zero-order valence-corrected chi connectivity index (χ0v) is 15.3. The Labute approximate surface area is 152 Å². The molecular formula is C19H24N2O3S. The van der Waals surface area contributed by atoms with Gasteiger partial charge in [-0.25, -0.2) is 0 Å². The molecular weight excluding hydrogens is 336 g/mol. The fourth-order valence-corrected chi connectivity index (χ4v) is 3.95. The monoisotopic (exact) mass is 360 g/mol. The summed E-state index contributed by atoms with van der Waals surface area (Å²) in [5.74, 6) is 1.09. The van der Waals surface area contributed by atoms with Crippen LogP contribution in [0, 0.1) is 0 Å². The van der Waals surface area contributed by atoms with Crippen molar-refractivity contribution in [3.63, 3.8) is 0 Å². The van der Waals surface area contributed by atoms with E-state index in [0.717, 1.165) is 13.1 Å². The van der Waals surface area contributed by atoms with Crippen LogP contribution in [-0.4, -0.2) is 44.2 Å². The number of nitrogens with one attached hydrogen (secondary N) is 1. The Bertz CT molecular complexity index is 669. The second-order valence-corrected chi connectivity index (χ2v) is 7.00. The smallest absolute Gasteiger partial charge is 0.258 e. The number of rotatable bonds is 8. The van der Waals surface area contributed by atoms with Gasteiger partial charge in [0.05, 0.1) is 13.2 Å². The summed E-state index contributed by atoms with van der Waals surface area (Å²) in [5, 5.41) is 5.10. The Kier molecular flexibility index (Phi) is 6.30. The summed E-state index contributed by atoms with van der Waals surface area (Å²) in [6.07, 6.45) is 2.46. The van der Waals surface area contributed by atoms with Crippen molar-refractivity contribution in [3.05, 3.63) is 46.7 Å². The molecule has 3 rings (SSSR count). The highest BCUT2D eigenvalue weighted by atomic mass is 32.1. The molecule has 1 aliphatic rings. The van der Waals surface area contributed by atoms with Crippen LogP contribution >= 0.6 is 11.3 Å². The van der Waals surface area contributed by atoms with Crippen molar-refractivity contribution in [2.24, 2.45) is 0 Å². The molecule has 1 N–H and O–H groups in total. The summed E-state index contributed by atoms with van der Waals surface area (Å²) >= 11 is 1.74. The lowest BCUT2D eigenvalue weighted by Crippen LogP contribution is -2.38. The minimum Gasteiger partial charge on any atom is -0.493 e. The molecule has 1 unspecified atom stereocenters. The summed E-state index contributed by atoms with van der Waals surface area (Å²) in [5.41, 5.74) is 0. The summed E-state index contributed by atoms with van der Waals surface area (Å²) in [7, 11) is 1.59. The van der Waals surface area contributed by atoms with Gasteiger partial charge >= 0.3 is 0 Å². The first kappa shape index (κ1) is 17.8. The second-order valence-electron chi connectivity index (χ2n) is 6.02. The van der Waals surface area contributed by atoms with Gasteiger partial charge in [-0.2, -0.15) is 0 Å². The molecule has 1 atom stereocenters. The molecule has 6 heteroatoms. The van der Waals surface area contributed by atoms with Crippen molar-refractivity contribution in [2.75, 3.05) is 33.4 Å². The average Bonchev–Trinajstić information content (AvgIpc) is 3.35. The molecule has 134 valence electrons. The van der Waals surface area contributed by atoms with Crippen molar-refractivity contribution in [3.8, 4) is 11.5 Å². The van der Waals surface area contributed by atoms with Crippen molar-refractivity contribution in [2.45, 2.75) is 18.9 Å². The van der Waals surface area contributed by atoms with E-state index in [1.165, 1.54) is 17.7 Å². The van der Waals surface area contributed by atoms with Gasteiger partial charge in [-0.3, -0.25) is 9.69 Å². The standard InChI is InChI=1S/C19H24N2O3S/c1-23-16-7-2-3-8-17(16)24-14-19(22)20-13-15(18-9-6-12-25-18)21-10-4-5-11-21/h2-3,6-9,12,15H,4-5,10-11,13-14H2,1H3,(H,20,22). The van der Waals surface area contributed by atoms with Crippen LogP contribution in [0.15, 0.2) is 41.8 Å². The zero-order chi connectivity index (χ0) is 17.5. The molecule has 0 spiro atoms. The number of thiophene rings is 1. The third-order valence-electron chi connectivity index (χ3n) is 4.37. The Morgan fingerprint density at radius 2 is 1.96 bits per heavy atom. The van der Waals surface area contributed by atoms with Crippen molar-refractivity contribution >= 4 is 17.2 Å². The molecule has 1 aromatic carbocycles. The van der Waals surface area contributed by atoms with E-state index < -0.39 is 0 Å². The summed E-state index contributed by atoms with van der Waals surface area (Å²) in [6.45, 7) is 2.78. The van der Waals surface area contributed by atoms with Gasteiger partial charge in [0.25, 0.3) is 5.91 Å². The van der Waals surface area contributed by atoms with E-state index in [4.69, 9.17) is 9.47 Å². The third kappa shape index (κ3) is 4.74. The van der Waals surface area contributed by atoms with Crippen LogP contribution < -0.4 is 14.8 Å². The van der Waals surface area contributed by atoms with Crippen LogP contribution in [0.5, 0.6) is 11.5 Å². The Morgan fingerprint density at radius 1 is 1.20 bits per heavy atom. The van der Waals surface area contributed by atoms with Gasteiger partial charge in [-0.05, 0) is 49.5 Å². The predicted octanol–water partition coefficient (Wildman–Crippen LogP) is 3.09. The average molecular weight is 360 g/mol. The summed E-state index contributed by atoms with van der Waals surface area (Å²) < 4.78 is 10.8. The maximum absolute atomic E-state index is 12.2. The molecule has 1 aliphatic heterocycles. The molecule has 5 nitrogen and oxygen atoms in total. The maximum atomic E-state index is 12.2. The van der Waals surface area contributed by atoms with E-state index in [1.54, 1.807) is 24.5 Å². The number of likely N-dealkylation sites (tertiary alicyclic amines) is 1. The first-order valence-corrected chi connectivity index (χ1v) is 9.46. The first-order valence-electron chi connectivity index (χ1n) is 8.58. The fourth-order valence-electron chi connectivity index (χ4n) is 3.09. The minimum atomic E-state index is -0.119. The number of hydrogen-bond donors (Lipinski definition) is 1. The van der Waals surface area contributed by atoms with E-state index >= 15 is 0 Å². The van der Waals surface area contributed by atoms with E-state index in [9.17, 15) is 4.79 Å². The largest absolute Gasteiger partial charge is 0.493 e. The molecule has 2 heterocycles. The van der Waals surface area contributed by atoms with Crippen molar-refractivity contribution in [1.29, 1.82) is 0 Å². The normalized spacial score (nSPS) is 15.7. The van der Waals surface area contributed by atoms with Gasteiger partial charge in [0.1, 0.15) is 0 Å². The van der Waals surface area contributed by atoms with Gasteiger partial charge in [0.15, 0.2) is 18.1 Å². The number of hydrogen-bond acceptors (Lipinski definition) is 5. The Morgan fingerprint density at radius 3 is 2.64 bits per heavy atom. The number of carbonyl (C=O) groups excluding carboxylic acids is 1. The summed E-state index contributed by atoms with van der Waals surface area (Å²) in [6, 6.07) is 11.8. The molecule has 1 aromatic heterocycles. The second kappa shape index (κ2) is 8.87. The maximum Gasteiger partial charge on any atom is 0.258 e. The lowest BCUT2D eigenvalue weighted by molar-refractivity contribution is -0.123. The molecule has 2 aromatic rings. The van der Waals surface area contributed by atoms with E-state index in [0.29, 0.717) is 18.0 Å². The summed E-state index contributed by atoms with van der Waals surface area (Å²) in [4.78, 5) is 16.0. The number of methoxy groups -OCH3 is 1. The topological polar surface area (TPSA) is 50.8 Å². The van der Waals surface area contributed by atoms with E-state index in [2.05, 4.69) is 27.7 Å². The lowest BCUT2D eigenvalue weighted by atomic mass is 10.2. The first-order chi connectivity index (χ1) is 12.3. The minimum absolute atomic E-state index is 0.0163. The van der Waals surface area contributed by atoms with Crippen LogP contribution in [0.3, 0.4) is 0 Å². The van der Waals surface area contributed by atoms with Gasteiger partial charge in [0.2, 0.25) is 0 Å². The number of carbonyl (C=O) groups is 1. The lowest BCUT2D eigenvalue weighted by Gasteiger charge is -2.26. The van der Waals surface area contributed by atoms with Crippen LogP contribution in [0.25, 0.3) is 0 Å². The number of para-hydroxylation sites is 2. The molecule has 1 saturated heterocycles. The molecule has 1 fully saturated rings. The van der Waals surface area contributed by atoms with Gasteiger partial charge in [-0.15, -0.1) is 11.3 Å². The number of amides is 1. The van der Waals surface area contributed by atoms with Gasteiger partial charge in [0, 0.05) is 11.4 Å². The molecule has 0 bridgehead atoms. The van der Waals surface area contributed by atoms with Gasteiger partial charge in [-0.1, -0.05) is 18.2 Å². The van der Waals surface area contributed by atoms with Gasteiger partial charge < -0.3 is 14.8 Å². The molecule has 1 amide bonds. The fraction of sp³-hybridized carbons (Fsp3) is 0.421. The van der Waals surface area contributed by atoms with E-state index in [-0.39, 0.29) is 18.6 Å². The SMILES string of the molecule is COc1ccccc1OCC(=O)NCC(c1cccs1)N1CCCC1. The highest BCUT2D eigenvalue weighted by molar-refractivity contribution is 7.10. The highest BCUT2D eigenvalue weighted by Crippen LogP contribution is 2.28. The molecule has 0 radical (unpaired) electrons. The number of nitrogens with zero attached hydrogens (tertiary/aromatic N) is 1. The van der Waals surface area contributed by atoms with Crippen LogP contribution in [0.2, 0.25) is 0 Å². The molecule has 25 heavy (non-hydrogen) atoms. The predicted molar refractivity (Wildman–Crippen MR) is 99.4 cm³/mol. The quantitative estimate of drug-likeness (QED) is 0.786. The van der Waals surface area contributed by atoms with Crippen LogP contribution in [0.1, 0.15) is 23.8 Å². The Balaban J connectivity index is 1.53. The van der Waals surface area contributed by atoms with Crippen molar-refractivity contribution < 1.29 is 14.3 Å². The molecule has 0 aliphatic carbocycles. The third-order valence-corrected chi connectivity index (χ3v) is 5.35. The Hall–Kier alpha value is -2.05. The number of ether oxygens (including phenoxy) is 2. The molecule has 0 saturated carbocycles. The zero-order valence-electron chi connectivity index (χ0n) is 14.4. The van der Waals surface area contributed by atoms with Crippen LogP contribution in [-0.2, 0) is 4.79 Å². The van der Waals surface area contributed by atoms with E-state index in [1.807, 2.05) is 18.2 Å². The number of benzene rings is 1.